The van der Waals surface area contributed by atoms with Crippen molar-refractivity contribution in [1.82, 2.24) is 0 Å². The molecular formula is C14H21NO2. The molecule has 1 N–H and O–H groups in total. The van der Waals surface area contributed by atoms with Gasteiger partial charge in [0, 0.05) is 5.69 Å². The minimum atomic E-state index is -0.322. The largest absolute Gasteiger partial charge is 0.464 e. The lowest BCUT2D eigenvalue weighted by molar-refractivity contribution is -0.143. The first kappa shape index (κ1) is 13.6. The summed E-state index contributed by atoms with van der Waals surface area (Å²) in [5, 5.41) is 3.15. The second-order valence-corrected chi connectivity index (χ2v) is 4.40. The SMILES string of the molecule is CCOC(=O)C(C)Nc1cccc(C(C)C)c1. The molecule has 3 heteroatoms. The molecular weight excluding hydrogens is 214 g/mol. The maximum Gasteiger partial charge on any atom is 0.328 e. The van der Waals surface area contributed by atoms with Crippen molar-refractivity contribution in [1.29, 1.82) is 0 Å². The minimum absolute atomic E-state index is 0.220. The van der Waals surface area contributed by atoms with Gasteiger partial charge in [0.25, 0.3) is 0 Å². The van der Waals surface area contributed by atoms with Gasteiger partial charge in [-0.1, -0.05) is 26.0 Å². The zero-order chi connectivity index (χ0) is 12.8. The Hall–Kier alpha value is -1.51. The number of ether oxygens (including phenoxy) is 1. The molecule has 1 aromatic carbocycles. The van der Waals surface area contributed by atoms with Crippen LogP contribution in [0.2, 0.25) is 0 Å². The van der Waals surface area contributed by atoms with E-state index >= 15 is 0 Å². The predicted octanol–water partition coefficient (Wildman–Crippen LogP) is 3.17. The van der Waals surface area contributed by atoms with Crippen LogP contribution in [0.4, 0.5) is 5.69 Å². The molecule has 0 aliphatic rings. The van der Waals surface area contributed by atoms with Crippen LogP contribution in [0.5, 0.6) is 0 Å². The van der Waals surface area contributed by atoms with Gasteiger partial charge < -0.3 is 10.1 Å². The van der Waals surface area contributed by atoms with Crippen molar-refractivity contribution in [3.63, 3.8) is 0 Å². The summed E-state index contributed by atoms with van der Waals surface area (Å²) in [7, 11) is 0. The first-order valence-electron chi connectivity index (χ1n) is 6.07. The van der Waals surface area contributed by atoms with Crippen LogP contribution in [-0.4, -0.2) is 18.6 Å². The van der Waals surface area contributed by atoms with Crippen LogP contribution in [-0.2, 0) is 9.53 Å². The van der Waals surface area contributed by atoms with E-state index in [1.54, 1.807) is 6.92 Å². The van der Waals surface area contributed by atoms with Crippen LogP contribution in [0, 0.1) is 0 Å². The molecule has 0 bridgehead atoms. The Kier molecular flexibility index (Phi) is 5.01. The summed E-state index contributed by atoms with van der Waals surface area (Å²) in [6.45, 7) is 8.32. The zero-order valence-electron chi connectivity index (χ0n) is 11.0. The molecule has 0 heterocycles. The van der Waals surface area contributed by atoms with Gasteiger partial charge in [0.05, 0.1) is 6.61 Å². The van der Waals surface area contributed by atoms with Gasteiger partial charge in [-0.3, -0.25) is 0 Å². The van der Waals surface area contributed by atoms with Crippen molar-refractivity contribution in [3.05, 3.63) is 29.8 Å². The molecule has 3 nitrogen and oxygen atoms in total. The number of esters is 1. The van der Waals surface area contributed by atoms with Gasteiger partial charge in [0.2, 0.25) is 0 Å². The van der Waals surface area contributed by atoms with E-state index in [0.29, 0.717) is 12.5 Å². The van der Waals surface area contributed by atoms with Crippen LogP contribution < -0.4 is 5.32 Å². The van der Waals surface area contributed by atoms with E-state index in [0.717, 1.165) is 5.69 Å². The molecule has 0 spiro atoms. The van der Waals surface area contributed by atoms with Gasteiger partial charge in [-0.25, -0.2) is 4.79 Å². The van der Waals surface area contributed by atoms with E-state index in [1.165, 1.54) is 5.56 Å². The second kappa shape index (κ2) is 6.28. The van der Waals surface area contributed by atoms with Crippen LogP contribution >= 0.6 is 0 Å². The van der Waals surface area contributed by atoms with Crippen LogP contribution in [0.15, 0.2) is 24.3 Å². The summed E-state index contributed by atoms with van der Waals surface area (Å²) in [6.07, 6.45) is 0. The lowest BCUT2D eigenvalue weighted by atomic mass is 10.0. The monoisotopic (exact) mass is 235 g/mol. The number of hydrogen-bond donors (Lipinski definition) is 1. The van der Waals surface area contributed by atoms with Crippen molar-refractivity contribution in [2.45, 2.75) is 39.7 Å². The van der Waals surface area contributed by atoms with E-state index < -0.39 is 0 Å². The van der Waals surface area contributed by atoms with Gasteiger partial charge >= 0.3 is 5.97 Å². The first-order valence-corrected chi connectivity index (χ1v) is 6.07. The van der Waals surface area contributed by atoms with E-state index in [9.17, 15) is 4.79 Å². The Morgan fingerprint density at radius 3 is 2.65 bits per heavy atom. The molecule has 0 saturated carbocycles. The number of carbonyl (C=O) groups is 1. The first-order chi connectivity index (χ1) is 8.04. The quantitative estimate of drug-likeness (QED) is 0.797. The average Bonchev–Trinajstić information content (AvgIpc) is 2.29. The van der Waals surface area contributed by atoms with Crippen molar-refractivity contribution in [2.75, 3.05) is 11.9 Å². The van der Waals surface area contributed by atoms with E-state index in [2.05, 4.69) is 31.3 Å². The highest BCUT2D eigenvalue weighted by molar-refractivity contribution is 5.78. The number of carbonyl (C=O) groups excluding carboxylic acids is 1. The Bertz CT molecular complexity index is 374. The number of benzene rings is 1. The summed E-state index contributed by atoms with van der Waals surface area (Å²) < 4.78 is 4.95. The molecule has 1 atom stereocenters. The highest BCUT2D eigenvalue weighted by Gasteiger charge is 2.13. The number of hydrogen-bond acceptors (Lipinski definition) is 3. The number of anilines is 1. The fourth-order valence-electron chi connectivity index (χ4n) is 1.56. The molecule has 0 saturated heterocycles. The van der Waals surface area contributed by atoms with Crippen molar-refractivity contribution in [3.8, 4) is 0 Å². The summed E-state index contributed by atoms with van der Waals surface area (Å²) in [6, 6.07) is 7.79. The van der Waals surface area contributed by atoms with Crippen molar-refractivity contribution < 1.29 is 9.53 Å². The van der Waals surface area contributed by atoms with Gasteiger partial charge in [-0.15, -0.1) is 0 Å². The van der Waals surface area contributed by atoms with Gasteiger partial charge in [-0.05, 0) is 37.5 Å². The van der Waals surface area contributed by atoms with Crippen LogP contribution in [0.3, 0.4) is 0 Å². The maximum atomic E-state index is 11.5. The van der Waals surface area contributed by atoms with Crippen LogP contribution in [0.25, 0.3) is 0 Å². The van der Waals surface area contributed by atoms with Gasteiger partial charge in [0.1, 0.15) is 6.04 Å². The fraction of sp³-hybridized carbons (Fsp3) is 0.500. The number of rotatable bonds is 5. The summed E-state index contributed by atoms with van der Waals surface area (Å²) >= 11 is 0. The lowest BCUT2D eigenvalue weighted by Gasteiger charge is -2.15. The second-order valence-electron chi connectivity index (χ2n) is 4.40. The third-order valence-electron chi connectivity index (χ3n) is 2.58. The third kappa shape index (κ3) is 4.10. The highest BCUT2D eigenvalue weighted by atomic mass is 16.5. The summed E-state index contributed by atoms with van der Waals surface area (Å²) in [5.41, 5.74) is 2.21. The predicted molar refractivity (Wildman–Crippen MR) is 70.2 cm³/mol. The van der Waals surface area contributed by atoms with E-state index in [-0.39, 0.29) is 12.0 Å². The Balaban J connectivity index is 2.68. The Labute approximate surface area is 103 Å². The normalized spacial score (nSPS) is 12.3. The lowest BCUT2D eigenvalue weighted by Crippen LogP contribution is -2.28. The molecule has 0 aliphatic carbocycles. The molecule has 0 amide bonds. The van der Waals surface area contributed by atoms with Gasteiger partial charge in [-0.2, -0.15) is 0 Å². The number of nitrogens with one attached hydrogen (secondary N) is 1. The molecule has 0 aliphatic heterocycles. The highest BCUT2D eigenvalue weighted by Crippen LogP contribution is 2.19. The third-order valence-corrected chi connectivity index (χ3v) is 2.58. The molecule has 17 heavy (non-hydrogen) atoms. The molecule has 1 rings (SSSR count). The summed E-state index contributed by atoms with van der Waals surface area (Å²) in [5.74, 6) is 0.261. The van der Waals surface area contributed by atoms with Gasteiger partial charge in [0.15, 0.2) is 0 Å². The van der Waals surface area contributed by atoms with Crippen molar-refractivity contribution in [2.24, 2.45) is 0 Å². The van der Waals surface area contributed by atoms with E-state index in [1.807, 2.05) is 19.1 Å². The van der Waals surface area contributed by atoms with Crippen molar-refractivity contribution >= 4 is 11.7 Å². The standard InChI is InChI=1S/C14H21NO2/c1-5-17-14(16)11(4)15-13-8-6-7-12(9-13)10(2)3/h6-11,15H,5H2,1-4H3. The minimum Gasteiger partial charge on any atom is -0.464 e. The molecule has 0 radical (unpaired) electrons. The Morgan fingerprint density at radius 1 is 1.35 bits per heavy atom. The zero-order valence-corrected chi connectivity index (χ0v) is 11.0. The molecule has 94 valence electrons. The smallest absolute Gasteiger partial charge is 0.328 e. The molecule has 0 aromatic heterocycles. The van der Waals surface area contributed by atoms with Crippen LogP contribution in [0.1, 0.15) is 39.2 Å². The molecule has 1 unspecified atom stereocenters. The average molecular weight is 235 g/mol. The summed E-state index contributed by atoms with van der Waals surface area (Å²) in [4.78, 5) is 11.5. The van der Waals surface area contributed by atoms with E-state index in [4.69, 9.17) is 4.74 Å². The maximum absolute atomic E-state index is 11.5. The molecule has 1 aromatic rings. The Morgan fingerprint density at radius 2 is 2.06 bits per heavy atom. The topological polar surface area (TPSA) is 38.3 Å². The molecule has 0 fully saturated rings. The fourth-order valence-corrected chi connectivity index (χ4v) is 1.56.